The largest absolute Gasteiger partial charge is 0.504 e. The molecule has 0 saturated heterocycles. The fourth-order valence-corrected chi connectivity index (χ4v) is 1.49. The smallest absolute Gasteiger partial charge is 0.160 e. The number of aromatic hydroxyl groups is 1. The van der Waals surface area contributed by atoms with Gasteiger partial charge in [0.05, 0.1) is 13.7 Å². The Balaban J connectivity index is 2.44. The summed E-state index contributed by atoms with van der Waals surface area (Å²) in [7, 11) is 1.54. The van der Waals surface area contributed by atoms with Gasteiger partial charge in [0.2, 0.25) is 0 Å². The number of benzene rings is 1. The van der Waals surface area contributed by atoms with Crippen LogP contribution >= 0.6 is 0 Å². The molecule has 0 aliphatic heterocycles. The second kappa shape index (κ2) is 7.14. The molecule has 4 nitrogen and oxygen atoms in total. The molecule has 0 aliphatic rings. The number of phenols is 1. The normalized spacial score (nSPS) is 12.4. The molecule has 1 rings (SSSR count). The van der Waals surface area contributed by atoms with Crippen molar-refractivity contribution in [1.82, 2.24) is 5.32 Å². The number of nitrogens with one attached hydrogen (secondary N) is 1. The highest BCUT2D eigenvalue weighted by atomic mass is 16.5. The highest BCUT2D eigenvalue weighted by molar-refractivity contribution is 5.41. The van der Waals surface area contributed by atoms with E-state index in [-0.39, 0.29) is 5.75 Å². The first kappa shape index (κ1) is 13.8. The van der Waals surface area contributed by atoms with Crippen molar-refractivity contribution in [2.75, 3.05) is 20.3 Å². The van der Waals surface area contributed by atoms with E-state index in [2.05, 4.69) is 12.2 Å². The Morgan fingerprint density at radius 2 is 2.18 bits per heavy atom. The van der Waals surface area contributed by atoms with E-state index in [0.717, 1.165) is 12.2 Å². The molecule has 96 valence electrons. The first-order valence-electron chi connectivity index (χ1n) is 5.84. The van der Waals surface area contributed by atoms with Gasteiger partial charge in [-0.05, 0) is 31.5 Å². The molecule has 2 N–H and O–H groups in total. The van der Waals surface area contributed by atoms with Gasteiger partial charge in [-0.2, -0.15) is 0 Å². The highest BCUT2D eigenvalue weighted by Crippen LogP contribution is 2.26. The van der Waals surface area contributed by atoms with Crippen LogP contribution in [-0.4, -0.2) is 31.5 Å². The molecule has 0 bridgehead atoms. The lowest BCUT2D eigenvalue weighted by Crippen LogP contribution is -2.30. The van der Waals surface area contributed by atoms with Crippen LogP contribution in [0.5, 0.6) is 11.5 Å². The molecule has 1 aromatic rings. The molecule has 1 aromatic carbocycles. The molecule has 0 spiro atoms. The van der Waals surface area contributed by atoms with E-state index in [4.69, 9.17) is 9.47 Å². The van der Waals surface area contributed by atoms with Gasteiger partial charge in [-0.25, -0.2) is 0 Å². The van der Waals surface area contributed by atoms with Crippen molar-refractivity contribution < 1.29 is 14.6 Å². The van der Waals surface area contributed by atoms with Crippen LogP contribution in [0.3, 0.4) is 0 Å². The van der Waals surface area contributed by atoms with Crippen molar-refractivity contribution in [3.63, 3.8) is 0 Å². The van der Waals surface area contributed by atoms with Crippen LogP contribution in [0.25, 0.3) is 0 Å². The zero-order valence-corrected chi connectivity index (χ0v) is 10.7. The zero-order valence-electron chi connectivity index (χ0n) is 10.7. The predicted molar refractivity (Wildman–Crippen MR) is 67.5 cm³/mol. The molecule has 0 aliphatic carbocycles. The summed E-state index contributed by atoms with van der Waals surface area (Å²) >= 11 is 0. The standard InChI is InChI=1S/C13H21NO3/c1-4-17-9-10(2)14-8-11-5-6-13(16-3)12(15)7-11/h5-7,10,14-15H,4,8-9H2,1-3H3. The number of ether oxygens (including phenoxy) is 2. The summed E-state index contributed by atoms with van der Waals surface area (Å²) in [4.78, 5) is 0. The van der Waals surface area contributed by atoms with Crippen LogP contribution in [-0.2, 0) is 11.3 Å². The molecular weight excluding hydrogens is 218 g/mol. The summed E-state index contributed by atoms with van der Waals surface area (Å²) in [6.07, 6.45) is 0. The van der Waals surface area contributed by atoms with Gasteiger partial charge in [0.15, 0.2) is 11.5 Å². The fraction of sp³-hybridized carbons (Fsp3) is 0.538. The Morgan fingerprint density at radius 1 is 1.41 bits per heavy atom. The molecule has 0 fully saturated rings. The first-order valence-corrected chi connectivity index (χ1v) is 5.84. The lowest BCUT2D eigenvalue weighted by Gasteiger charge is -2.14. The number of hydrogen-bond donors (Lipinski definition) is 2. The van der Waals surface area contributed by atoms with Crippen molar-refractivity contribution in [2.45, 2.75) is 26.4 Å². The van der Waals surface area contributed by atoms with Gasteiger partial charge in [-0.3, -0.25) is 0 Å². The van der Waals surface area contributed by atoms with Crippen LogP contribution < -0.4 is 10.1 Å². The Hall–Kier alpha value is -1.26. The summed E-state index contributed by atoms with van der Waals surface area (Å²) in [6.45, 7) is 6.17. The lowest BCUT2D eigenvalue weighted by molar-refractivity contribution is 0.127. The van der Waals surface area contributed by atoms with Crippen molar-refractivity contribution in [3.8, 4) is 11.5 Å². The minimum atomic E-state index is 0.171. The second-order valence-corrected chi connectivity index (χ2v) is 3.95. The Labute approximate surface area is 103 Å². The van der Waals surface area contributed by atoms with Crippen LogP contribution in [0, 0.1) is 0 Å². The third kappa shape index (κ3) is 4.63. The van der Waals surface area contributed by atoms with Gasteiger partial charge >= 0.3 is 0 Å². The minimum absolute atomic E-state index is 0.171. The van der Waals surface area contributed by atoms with Crippen LogP contribution in [0.1, 0.15) is 19.4 Å². The third-order valence-electron chi connectivity index (χ3n) is 2.47. The Kier molecular flexibility index (Phi) is 5.80. The van der Waals surface area contributed by atoms with E-state index in [1.807, 2.05) is 13.0 Å². The maximum Gasteiger partial charge on any atom is 0.160 e. The van der Waals surface area contributed by atoms with Crippen molar-refractivity contribution >= 4 is 0 Å². The number of hydrogen-bond acceptors (Lipinski definition) is 4. The predicted octanol–water partition coefficient (Wildman–Crippen LogP) is 1.92. The van der Waals surface area contributed by atoms with Gasteiger partial charge in [0.25, 0.3) is 0 Å². The van der Waals surface area contributed by atoms with Gasteiger partial charge in [-0.1, -0.05) is 6.07 Å². The van der Waals surface area contributed by atoms with Crippen molar-refractivity contribution in [2.24, 2.45) is 0 Å². The molecule has 0 heterocycles. The lowest BCUT2D eigenvalue weighted by atomic mass is 10.2. The zero-order chi connectivity index (χ0) is 12.7. The maximum atomic E-state index is 9.62. The summed E-state index contributed by atoms with van der Waals surface area (Å²) in [5.74, 6) is 0.667. The van der Waals surface area contributed by atoms with Gasteiger partial charge in [0, 0.05) is 19.2 Å². The molecule has 17 heavy (non-hydrogen) atoms. The highest BCUT2D eigenvalue weighted by Gasteiger charge is 2.04. The average molecular weight is 239 g/mol. The molecule has 0 amide bonds. The monoisotopic (exact) mass is 239 g/mol. The molecule has 4 heteroatoms. The number of methoxy groups -OCH3 is 1. The van der Waals surface area contributed by atoms with E-state index in [1.54, 1.807) is 12.1 Å². The van der Waals surface area contributed by atoms with Crippen LogP contribution in [0.2, 0.25) is 0 Å². The fourth-order valence-electron chi connectivity index (χ4n) is 1.49. The van der Waals surface area contributed by atoms with E-state index in [0.29, 0.717) is 24.9 Å². The number of phenolic OH excluding ortho intramolecular Hbond substituents is 1. The van der Waals surface area contributed by atoms with E-state index >= 15 is 0 Å². The molecule has 0 aromatic heterocycles. The summed E-state index contributed by atoms with van der Waals surface area (Å²) in [5, 5.41) is 12.9. The summed E-state index contributed by atoms with van der Waals surface area (Å²) in [5.41, 5.74) is 1.02. The number of rotatable bonds is 7. The average Bonchev–Trinajstić information content (AvgIpc) is 2.34. The molecule has 1 atom stereocenters. The molecular formula is C13H21NO3. The molecule has 1 unspecified atom stereocenters. The quantitative estimate of drug-likeness (QED) is 0.763. The Bertz CT molecular complexity index is 341. The van der Waals surface area contributed by atoms with E-state index in [9.17, 15) is 5.11 Å². The van der Waals surface area contributed by atoms with Crippen LogP contribution in [0.4, 0.5) is 0 Å². The SMILES string of the molecule is CCOCC(C)NCc1ccc(OC)c(O)c1. The molecule has 0 saturated carbocycles. The Morgan fingerprint density at radius 3 is 2.76 bits per heavy atom. The molecule has 0 radical (unpaired) electrons. The summed E-state index contributed by atoms with van der Waals surface area (Å²) in [6, 6.07) is 5.69. The van der Waals surface area contributed by atoms with Crippen molar-refractivity contribution in [3.05, 3.63) is 23.8 Å². The minimum Gasteiger partial charge on any atom is -0.504 e. The van der Waals surface area contributed by atoms with Crippen molar-refractivity contribution in [1.29, 1.82) is 0 Å². The van der Waals surface area contributed by atoms with Gasteiger partial charge < -0.3 is 19.9 Å². The van der Waals surface area contributed by atoms with Gasteiger partial charge in [-0.15, -0.1) is 0 Å². The third-order valence-corrected chi connectivity index (χ3v) is 2.47. The van der Waals surface area contributed by atoms with E-state index in [1.165, 1.54) is 7.11 Å². The van der Waals surface area contributed by atoms with E-state index < -0.39 is 0 Å². The summed E-state index contributed by atoms with van der Waals surface area (Å²) < 4.78 is 10.3. The topological polar surface area (TPSA) is 50.7 Å². The van der Waals surface area contributed by atoms with Crippen LogP contribution in [0.15, 0.2) is 18.2 Å². The van der Waals surface area contributed by atoms with Gasteiger partial charge in [0.1, 0.15) is 0 Å². The second-order valence-electron chi connectivity index (χ2n) is 3.95. The first-order chi connectivity index (χ1) is 8.17. The maximum absolute atomic E-state index is 9.62.